The summed E-state index contributed by atoms with van der Waals surface area (Å²) >= 11 is 0. The molecule has 3 unspecified atom stereocenters. The van der Waals surface area contributed by atoms with Gasteiger partial charge < -0.3 is 10.4 Å². The van der Waals surface area contributed by atoms with Crippen LogP contribution in [0.5, 0.6) is 5.75 Å². The lowest BCUT2D eigenvalue weighted by molar-refractivity contribution is 0.129. The van der Waals surface area contributed by atoms with Gasteiger partial charge in [0.2, 0.25) is 0 Å². The van der Waals surface area contributed by atoms with E-state index in [1.807, 2.05) is 6.92 Å². The molecular weight excluding hydrogens is 231 g/mol. The normalized spacial score (nSPS) is 27.1. The molecule has 0 amide bonds. The van der Waals surface area contributed by atoms with Crippen molar-refractivity contribution >= 4 is 0 Å². The number of halogens is 1. The molecule has 4 heteroatoms. The fraction of sp³-hybridized carbons (Fsp3) is 0.571. The largest absolute Gasteiger partial charge is 0.508 e. The molecule has 0 aliphatic carbocycles. The van der Waals surface area contributed by atoms with Crippen LogP contribution in [0.4, 0.5) is 4.39 Å². The first-order valence-electron chi connectivity index (χ1n) is 6.46. The molecule has 18 heavy (non-hydrogen) atoms. The predicted molar refractivity (Wildman–Crippen MR) is 70.1 cm³/mol. The first kappa shape index (κ1) is 13.3. The van der Waals surface area contributed by atoms with Gasteiger partial charge in [-0.25, -0.2) is 4.39 Å². The number of hydrogen-bond donors (Lipinski definition) is 2. The van der Waals surface area contributed by atoms with Crippen molar-refractivity contribution in [2.45, 2.75) is 38.9 Å². The SMILES string of the molecule is CC1CN(C(C)c2cc(F)ccc2O)CC(C)N1. The van der Waals surface area contributed by atoms with Crippen molar-refractivity contribution in [3.05, 3.63) is 29.6 Å². The molecule has 0 aromatic heterocycles. The summed E-state index contributed by atoms with van der Waals surface area (Å²) in [6.07, 6.45) is 0. The van der Waals surface area contributed by atoms with Crippen LogP contribution in [0.25, 0.3) is 0 Å². The van der Waals surface area contributed by atoms with Crippen LogP contribution in [0.2, 0.25) is 0 Å². The first-order valence-corrected chi connectivity index (χ1v) is 6.46. The number of aromatic hydroxyl groups is 1. The Morgan fingerprint density at radius 1 is 1.33 bits per heavy atom. The lowest BCUT2D eigenvalue weighted by atomic mass is 10.0. The van der Waals surface area contributed by atoms with Crippen LogP contribution in [0.3, 0.4) is 0 Å². The highest BCUT2D eigenvalue weighted by molar-refractivity contribution is 5.35. The number of hydrogen-bond acceptors (Lipinski definition) is 3. The number of nitrogens with one attached hydrogen (secondary N) is 1. The number of benzene rings is 1. The highest BCUT2D eigenvalue weighted by Crippen LogP contribution is 2.30. The van der Waals surface area contributed by atoms with Gasteiger partial charge in [0.15, 0.2) is 0 Å². The molecule has 1 aliphatic rings. The van der Waals surface area contributed by atoms with Gasteiger partial charge in [-0.05, 0) is 39.0 Å². The molecule has 1 saturated heterocycles. The van der Waals surface area contributed by atoms with Crippen molar-refractivity contribution in [3.8, 4) is 5.75 Å². The highest BCUT2D eigenvalue weighted by Gasteiger charge is 2.26. The van der Waals surface area contributed by atoms with Crippen molar-refractivity contribution in [2.75, 3.05) is 13.1 Å². The Hall–Kier alpha value is -1.13. The maximum atomic E-state index is 13.3. The molecule has 2 rings (SSSR count). The van der Waals surface area contributed by atoms with Crippen LogP contribution >= 0.6 is 0 Å². The van der Waals surface area contributed by atoms with Crippen molar-refractivity contribution in [3.63, 3.8) is 0 Å². The van der Waals surface area contributed by atoms with Gasteiger partial charge in [0, 0.05) is 36.8 Å². The summed E-state index contributed by atoms with van der Waals surface area (Å²) < 4.78 is 13.3. The second kappa shape index (κ2) is 5.24. The minimum atomic E-state index is -0.300. The monoisotopic (exact) mass is 252 g/mol. The van der Waals surface area contributed by atoms with E-state index in [0.29, 0.717) is 17.6 Å². The molecule has 1 aliphatic heterocycles. The molecule has 100 valence electrons. The van der Waals surface area contributed by atoms with Gasteiger partial charge in [-0.2, -0.15) is 0 Å². The van der Waals surface area contributed by atoms with E-state index in [1.54, 1.807) is 0 Å². The third-order valence-electron chi connectivity index (χ3n) is 3.57. The highest BCUT2D eigenvalue weighted by atomic mass is 19.1. The topological polar surface area (TPSA) is 35.5 Å². The van der Waals surface area contributed by atoms with Gasteiger partial charge in [0.1, 0.15) is 11.6 Å². The van der Waals surface area contributed by atoms with E-state index in [-0.39, 0.29) is 17.6 Å². The Kier molecular flexibility index (Phi) is 3.88. The Balaban J connectivity index is 2.19. The van der Waals surface area contributed by atoms with Crippen LogP contribution in [0, 0.1) is 5.82 Å². The molecule has 1 fully saturated rings. The summed E-state index contributed by atoms with van der Waals surface area (Å²) in [7, 11) is 0. The molecule has 0 bridgehead atoms. The van der Waals surface area contributed by atoms with E-state index in [0.717, 1.165) is 13.1 Å². The van der Waals surface area contributed by atoms with Crippen LogP contribution < -0.4 is 5.32 Å². The van der Waals surface area contributed by atoms with E-state index in [9.17, 15) is 9.50 Å². The molecule has 3 nitrogen and oxygen atoms in total. The van der Waals surface area contributed by atoms with E-state index < -0.39 is 0 Å². The van der Waals surface area contributed by atoms with Gasteiger partial charge in [0.05, 0.1) is 0 Å². The second-order valence-electron chi connectivity index (χ2n) is 5.30. The Bertz CT molecular complexity index is 414. The first-order chi connectivity index (χ1) is 8.47. The zero-order valence-corrected chi connectivity index (χ0v) is 11.2. The summed E-state index contributed by atoms with van der Waals surface area (Å²) in [4.78, 5) is 2.28. The van der Waals surface area contributed by atoms with Gasteiger partial charge in [0.25, 0.3) is 0 Å². The van der Waals surface area contributed by atoms with E-state index in [4.69, 9.17) is 0 Å². The summed E-state index contributed by atoms with van der Waals surface area (Å²) in [6, 6.07) is 4.98. The van der Waals surface area contributed by atoms with E-state index in [1.165, 1.54) is 18.2 Å². The van der Waals surface area contributed by atoms with Crippen molar-refractivity contribution in [2.24, 2.45) is 0 Å². The number of rotatable bonds is 2. The molecule has 0 spiro atoms. The van der Waals surface area contributed by atoms with E-state index in [2.05, 4.69) is 24.1 Å². The van der Waals surface area contributed by atoms with Gasteiger partial charge in [-0.15, -0.1) is 0 Å². The van der Waals surface area contributed by atoms with Crippen molar-refractivity contribution < 1.29 is 9.50 Å². The van der Waals surface area contributed by atoms with Crippen molar-refractivity contribution in [1.29, 1.82) is 0 Å². The second-order valence-corrected chi connectivity index (χ2v) is 5.30. The lowest BCUT2D eigenvalue weighted by Crippen LogP contribution is -2.54. The number of phenolic OH excluding ortho intramolecular Hbond substituents is 1. The summed E-state index contributed by atoms with van der Waals surface area (Å²) in [5.74, 6) is -0.131. The quantitative estimate of drug-likeness (QED) is 0.847. The zero-order valence-electron chi connectivity index (χ0n) is 11.2. The number of nitrogens with zero attached hydrogens (tertiary/aromatic N) is 1. The standard InChI is InChI=1S/C14H21FN2O/c1-9-7-17(8-10(2)16-9)11(3)13-6-12(15)4-5-14(13)18/h4-6,9-11,16,18H,7-8H2,1-3H3. The molecule has 0 radical (unpaired) electrons. The summed E-state index contributed by atoms with van der Waals surface area (Å²) in [6.45, 7) is 8.10. The van der Waals surface area contributed by atoms with Gasteiger partial charge >= 0.3 is 0 Å². The number of piperazine rings is 1. The van der Waals surface area contributed by atoms with E-state index >= 15 is 0 Å². The molecule has 1 aromatic rings. The minimum absolute atomic E-state index is 0.0210. The van der Waals surface area contributed by atoms with Crippen LogP contribution in [0.15, 0.2) is 18.2 Å². The fourth-order valence-electron chi connectivity index (χ4n) is 2.74. The minimum Gasteiger partial charge on any atom is -0.508 e. The summed E-state index contributed by atoms with van der Waals surface area (Å²) in [5.41, 5.74) is 0.663. The molecule has 1 heterocycles. The zero-order chi connectivity index (χ0) is 13.3. The maximum absolute atomic E-state index is 13.3. The lowest BCUT2D eigenvalue weighted by Gasteiger charge is -2.40. The van der Waals surface area contributed by atoms with Crippen LogP contribution in [-0.2, 0) is 0 Å². The average molecular weight is 252 g/mol. The molecular formula is C14H21FN2O. The van der Waals surface area contributed by atoms with Crippen LogP contribution in [-0.4, -0.2) is 35.2 Å². The predicted octanol–water partition coefficient (Wildman–Crippen LogP) is 2.27. The van der Waals surface area contributed by atoms with Crippen molar-refractivity contribution in [1.82, 2.24) is 10.2 Å². The summed E-state index contributed by atoms with van der Waals surface area (Å²) in [5, 5.41) is 13.3. The molecule has 0 saturated carbocycles. The third-order valence-corrected chi connectivity index (χ3v) is 3.57. The Morgan fingerprint density at radius 2 is 1.94 bits per heavy atom. The number of phenols is 1. The Labute approximate surface area is 108 Å². The average Bonchev–Trinajstić information content (AvgIpc) is 2.30. The maximum Gasteiger partial charge on any atom is 0.123 e. The van der Waals surface area contributed by atoms with Crippen LogP contribution in [0.1, 0.15) is 32.4 Å². The Morgan fingerprint density at radius 3 is 2.56 bits per heavy atom. The van der Waals surface area contributed by atoms with Gasteiger partial charge in [-0.3, -0.25) is 4.90 Å². The smallest absolute Gasteiger partial charge is 0.123 e. The van der Waals surface area contributed by atoms with Gasteiger partial charge in [-0.1, -0.05) is 0 Å². The molecule has 1 aromatic carbocycles. The molecule has 3 atom stereocenters. The third kappa shape index (κ3) is 2.82. The molecule has 2 N–H and O–H groups in total. The fourth-order valence-corrected chi connectivity index (χ4v) is 2.74.